The van der Waals surface area contributed by atoms with E-state index in [-0.39, 0.29) is 5.75 Å². The third-order valence-electron chi connectivity index (χ3n) is 5.11. The number of rotatable bonds is 8. The zero-order valence-electron chi connectivity index (χ0n) is 19.0. The van der Waals surface area contributed by atoms with E-state index in [2.05, 4.69) is 25.5 Å². The molecule has 0 fully saturated rings. The van der Waals surface area contributed by atoms with E-state index < -0.39 is 6.36 Å². The summed E-state index contributed by atoms with van der Waals surface area (Å²) in [6, 6.07) is 22.9. The van der Waals surface area contributed by atoms with Crippen LogP contribution < -0.4 is 14.4 Å². The standard InChI is InChI=1S/C26H20F3N5OS/c1-34(21-8-10-22(11-9-21)35-26(27,28)29)17-19-2-6-20(7-3-19)24-25(32-15-14-31-24)33-36-23-12-4-18(16-30)5-13-23/h2-15H,17H2,1H3,(H,32,33). The van der Waals surface area contributed by atoms with Crippen LogP contribution in [0, 0.1) is 11.3 Å². The Hall–Kier alpha value is -4.23. The lowest BCUT2D eigenvalue weighted by Gasteiger charge is -2.20. The van der Waals surface area contributed by atoms with Crippen molar-refractivity contribution in [1.82, 2.24) is 9.97 Å². The Balaban J connectivity index is 1.41. The molecule has 36 heavy (non-hydrogen) atoms. The first-order chi connectivity index (χ1) is 17.3. The molecular formula is C26H20F3N5OS. The second-order valence-electron chi connectivity index (χ2n) is 7.69. The Labute approximate surface area is 210 Å². The number of anilines is 2. The predicted octanol–water partition coefficient (Wildman–Crippen LogP) is 6.67. The first-order valence-corrected chi connectivity index (χ1v) is 11.5. The lowest BCUT2D eigenvalue weighted by molar-refractivity contribution is -0.274. The highest BCUT2D eigenvalue weighted by Gasteiger charge is 2.31. The first kappa shape index (κ1) is 24.9. The zero-order chi connectivity index (χ0) is 25.5. The van der Waals surface area contributed by atoms with Crippen molar-refractivity contribution in [3.63, 3.8) is 0 Å². The average molecular weight is 508 g/mol. The molecule has 6 nitrogen and oxygen atoms in total. The van der Waals surface area contributed by atoms with Crippen molar-refractivity contribution in [2.45, 2.75) is 17.8 Å². The van der Waals surface area contributed by atoms with E-state index in [1.165, 1.54) is 24.1 Å². The van der Waals surface area contributed by atoms with Crippen LogP contribution >= 0.6 is 11.9 Å². The van der Waals surface area contributed by atoms with E-state index >= 15 is 0 Å². The minimum absolute atomic E-state index is 0.255. The van der Waals surface area contributed by atoms with Gasteiger partial charge in [0.25, 0.3) is 0 Å². The van der Waals surface area contributed by atoms with Gasteiger partial charge in [0.15, 0.2) is 5.82 Å². The van der Waals surface area contributed by atoms with Crippen molar-refractivity contribution in [2.75, 3.05) is 16.7 Å². The number of aromatic nitrogens is 2. The molecule has 1 aromatic heterocycles. The predicted molar refractivity (Wildman–Crippen MR) is 133 cm³/mol. The van der Waals surface area contributed by atoms with E-state index in [1.807, 2.05) is 48.3 Å². The molecule has 0 unspecified atom stereocenters. The fourth-order valence-electron chi connectivity index (χ4n) is 3.36. The summed E-state index contributed by atoms with van der Waals surface area (Å²) < 4.78 is 44.2. The van der Waals surface area contributed by atoms with E-state index in [9.17, 15) is 13.2 Å². The Morgan fingerprint density at radius 2 is 1.61 bits per heavy atom. The van der Waals surface area contributed by atoms with E-state index in [4.69, 9.17) is 5.26 Å². The van der Waals surface area contributed by atoms with Gasteiger partial charge in [-0.25, -0.2) is 4.98 Å². The second-order valence-corrected chi connectivity index (χ2v) is 8.57. The summed E-state index contributed by atoms with van der Waals surface area (Å²) >= 11 is 1.37. The number of nitrogens with one attached hydrogen (secondary N) is 1. The van der Waals surface area contributed by atoms with Crippen LogP contribution in [0.5, 0.6) is 5.75 Å². The number of ether oxygens (including phenoxy) is 1. The molecule has 1 N–H and O–H groups in total. The van der Waals surface area contributed by atoms with Crippen LogP contribution in [0.15, 0.2) is 90.1 Å². The summed E-state index contributed by atoms with van der Waals surface area (Å²) in [7, 11) is 1.86. The first-order valence-electron chi connectivity index (χ1n) is 10.7. The second kappa shape index (κ2) is 11.0. The molecule has 4 aromatic rings. The number of hydrogen-bond donors (Lipinski definition) is 1. The van der Waals surface area contributed by atoms with Gasteiger partial charge in [0.2, 0.25) is 0 Å². The van der Waals surface area contributed by atoms with Crippen LogP contribution in [-0.4, -0.2) is 23.4 Å². The maximum absolute atomic E-state index is 12.4. The molecule has 10 heteroatoms. The van der Waals surface area contributed by atoms with Gasteiger partial charge in [0, 0.05) is 42.1 Å². The number of alkyl halides is 3. The molecule has 1 heterocycles. The van der Waals surface area contributed by atoms with Gasteiger partial charge in [0.05, 0.1) is 11.6 Å². The number of nitrogens with zero attached hydrogens (tertiary/aromatic N) is 4. The Bertz CT molecular complexity index is 1340. The summed E-state index contributed by atoms with van der Waals surface area (Å²) in [5, 5.41) is 8.94. The van der Waals surface area contributed by atoms with E-state index in [0.29, 0.717) is 23.6 Å². The Kier molecular flexibility index (Phi) is 7.61. The number of halogens is 3. The number of nitriles is 1. The van der Waals surface area contributed by atoms with Gasteiger partial charge in [-0.2, -0.15) is 5.26 Å². The Morgan fingerprint density at radius 1 is 0.944 bits per heavy atom. The maximum atomic E-state index is 12.4. The highest BCUT2D eigenvalue weighted by atomic mass is 32.2. The van der Waals surface area contributed by atoms with Gasteiger partial charge in [-0.15, -0.1) is 13.2 Å². The molecule has 3 aromatic carbocycles. The third-order valence-corrected chi connectivity index (χ3v) is 5.91. The molecule has 0 bridgehead atoms. The number of benzene rings is 3. The smallest absolute Gasteiger partial charge is 0.406 e. The quantitative estimate of drug-likeness (QED) is 0.267. The summed E-state index contributed by atoms with van der Waals surface area (Å²) in [6.07, 6.45) is -1.48. The van der Waals surface area contributed by atoms with Gasteiger partial charge >= 0.3 is 6.36 Å². The zero-order valence-corrected chi connectivity index (χ0v) is 19.8. The maximum Gasteiger partial charge on any atom is 0.573 e. The Morgan fingerprint density at radius 3 is 2.25 bits per heavy atom. The molecule has 182 valence electrons. The summed E-state index contributed by atoms with van der Waals surface area (Å²) in [4.78, 5) is 11.7. The molecule has 0 saturated carbocycles. The highest BCUT2D eigenvalue weighted by molar-refractivity contribution is 8.00. The van der Waals surface area contributed by atoms with Crippen molar-refractivity contribution in [3.05, 3.63) is 96.3 Å². The van der Waals surface area contributed by atoms with Crippen LogP contribution in [-0.2, 0) is 6.54 Å². The van der Waals surface area contributed by atoms with Crippen molar-refractivity contribution in [3.8, 4) is 23.1 Å². The molecule has 0 saturated heterocycles. The van der Waals surface area contributed by atoms with Gasteiger partial charge in [-0.1, -0.05) is 24.3 Å². The van der Waals surface area contributed by atoms with Crippen molar-refractivity contribution in [1.29, 1.82) is 5.26 Å². The lowest BCUT2D eigenvalue weighted by Crippen LogP contribution is -2.18. The van der Waals surface area contributed by atoms with Crippen molar-refractivity contribution < 1.29 is 17.9 Å². The van der Waals surface area contributed by atoms with Crippen LogP contribution in [0.2, 0.25) is 0 Å². The van der Waals surface area contributed by atoms with Crippen LogP contribution in [0.3, 0.4) is 0 Å². The SMILES string of the molecule is CN(Cc1ccc(-c2nccnc2NSc2ccc(C#N)cc2)cc1)c1ccc(OC(F)(F)F)cc1. The summed E-state index contributed by atoms with van der Waals surface area (Å²) in [6.45, 7) is 0.555. The molecule has 0 atom stereocenters. The van der Waals surface area contributed by atoms with E-state index in [1.54, 1.807) is 36.7 Å². The topological polar surface area (TPSA) is 74.1 Å². The monoisotopic (exact) mass is 507 g/mol. The third kappa shape index (κ3) is 6.67. The minimum atomic E-state index is -4.71. The molecule has 0 amide bonds. The molecule has 0 aliphatic rings. The molecule has 0 spiro atoms. The lowest BCUT2D eigenvalue weighted by atomic mass is 10.1. The molecule has 0 radical (unpaired) electrons. The van der Waals surface area contributed by atoms with Gasteiger partial charge in [0.1, 0.15) is 11.4 Å². The van der Waals surface area contributed by atoms with E-state index in [0.717, 1.165) is 21.7 Å². The van der Waals surface area contributed by atoms with Crippen LogP contribution in [0.4, 0.5) is 24.7 Å². The molecule has 0 aliphatic heterocycles. The van der Waals surface area contributed by atoms with Gasteiger partial charge < -0.3 is 14.4 Å². The fraction of sp³-hybridized carbons (Fsp3) is 0.115. The summed E-state index contributed by atoms with van der Waals surface area (Å²) in [5.41, 5.74) is 3.94. The molecule has 4 rings (SSSR count). The normalized spacial score (nSPS) is 11.0. The van der Waals surface area contributed by atoms with Crippen LogP contribution in [0.25, 0.3) is 11.3 Å². The van der Waals surface area contributed by atoms with Gasteiger partial charge in [-0.05, 0) is 66.0 Å². The van der Waals surface area contributed by atoms with Crippen molar-refractivity contribution >= 4 is 23.5 Å². The fourth-order valence-corrected chi connectivity index (χ4v) is 4.00. The largest absolute Gasteiger partial charge is 0.573 e. The molecular weight excluding hydrogens is 487 g/mol. The van der Waals surface area contributed by atoms with Crippen molar-refractivity contribution in [2.24, 2.45) is 0 Å². The number of hydrogen-bond acceptors (Lipinski definition) is 7. The highest BCUT2D eigenvalue weighted by Crippen LogP contribution is 2.29. The minimum Gasteiger partial charge on any atom is -0.406 e. The molecule has 0 aliphatic carbocycles. The van der Waals surface area contributed by atoms with Crippen LogP contribution in [0.1, 0.15) is 11.1 Å². The van der Waals surface area contributed by atoms with Gasteiger partial charge in [-0.3, -0.25) is 4.98 Å². The average Bonchev–Trinajstić information content (AvgIpc) is 2.88. The summed E-state index contributed by atoms with van der Waals surface area (Å²) in [5.74, 6) is 0.354.